The number of para-hydroxylation sites is 1. The maximum atomic E-state index is 6.02. The summed E-state index contributed by atoms with van der Waals surface area (Å²) in [4.78, 5) is 11.2. The topological polar surface area (TPSA) is 90.2 Å². The molecule has 1 fully saturated rings. The third-order valence-corrected chi connectivity index (χ3v) is 5.50. The molecule has 1 saturated heterocycles. The van der Waals surface area contributed by atoms with E-state index in [1.54, 1.807) is 11.8 Å². The number of nitrogens with one attached hydrogen (secondary N) is 1. The molecule has 1 N–H and O–H groups in total. The van der Waals surface area contributed by atoms with Gasteiger partial charge in [0.25, 0.3) is 0 Å². The molecule has 0 radical (unpaired) electrons. The van der Waals surface area contributed by atoms with E-state index in [2.05, 4.69) is 42.6 Å². The van der Waals surface area contributed by atoms with Gasteiger partial charge in [-0.15, -0.1) is 5.10 Å². The van der Waals surface area contributed by atoms with Gasteiger partial charge < -0.3 is 14.8 Å². The minimum Gasteiger partial charge on any atom is -0.497 e. The van der Waals surface area contributed by atoms with Crippen LogP contribution in [0.25, 0.3) is 11.2 Å². The zero-order chi connectivity index (χ0) is 21.8. The van der Waals surface area contributed by atoms with Crippen molar-refractivity contribution in [1.29, 1.82) is 0 Å². The summed E-state index contributed by atoms with van der Waals surface area (Å²) >= 11 is 0. The van der Waals surface area contributed by atoms with Crippen LogP contribution in [0.1, 0.15) is 5.56 Å². The van der Waals surface area contributed by atoms with E-state index in [1.165, 1.54) is 11.9 Å². The van der Waals surface area contributed by atoms with Crippen LogP contribution in [0, 0.1) is 0 Å². The Balaban J connectivity index is 1.27. The van der Waals surface area contributed by atoms with Crippen molar-refractivity contribution < 1.29 is 9.47 Å². The van der Waals surface area contributed by atoms with Crippen molar-refractivity contribution in [3.05, 3.63) is 66.5 Å². The van der Waals surface area contributed by atoms with Crippen LogP contribution < -0.4 is 10.1 Å². The number of nitrogens with zero attached hydrogens (tertiary/aromatic N) is 6. The van der Waals surface area contributed by atoms with Gasteiger partial charge in [-0.1, -0.05) is 35.5 Å². The van der Waals surface area contributed by atoms with E-state index in [0.29, 0.717) is 30.1 Å². The van der Waals surface area contributed by atoms with Crippen LogP contribution in [0.4, 0.5) is 11.5 Å². The summed E-state index contributed by atoms with van der Waals surface area (Å²) in [6.07, 6.45) is 1.54. The Labute approximate surface area is 186 Å². The summed E-state index contributed by atoms with van der Waals surface area (Å²) in [5.74, 6) is 1.51. The Bertz CT molecular complexity index is 1160. The molecule has 9 nitrogen and oxygen atoms in total. The lowest BCUT2D eigenvalue weighted by atomic mass is 10.2. The number of fused-ring (bicyclic) bond motifs is 1. The smallest absolute Gasteiger partial charge is 0.183 e. The molecule has 0 bridgehead atoms. The van der Waals surface area contributed by atoms with Crippen molar-refractivity contribution in [2.24, 2.45) is 0 Å². The third-order valence-electron chi connectivity index (χ3n) is 5.50. The van der Waals surface area contributed by atoms with Crippen molar-refractivity contribution >= 4 is 22.7 Å². The summed E-state index contributed by atoms with van der Waals surface area (Å²) in [6.45, 7) is 3.84. The van der Waals surface area contributed by atoms with Crippen molar-refractivity contribution in [2.75, 3.05) is 32.1 Å². The van der Waals surface area contributed by atoms with Gasteiger partial charge in [0.05, 0.1) is 26.4 Å². The highest BCUT2D eigenvalue weighted by Crippen LogP contribution is 2.21. The first-order valence-electron chi connectivity index (χ1n) is 10.6. The number of rotatable bonds is 7. The SMILES string of the molecule is COc1ccc(CN2CCO[C@H](Cn3nnc4c(Nc5ccccc5)ncnc43)C2)cc1. The Morgan fingerprint density at radius 1 is 1.09 bits per heavy atom. The van der Waals surface area contributed by atoms with Gasteiger partial charge >= 0.3 is 0 Å². The molecule has 164 valence electrons. The third kappa shape index (κ3) is 4.53. The zero-order valence-electron chi connectivity index (χ0n) is 17.9. The average molecular weight is 432 g/mol. The van der Waals surface area contributed by atoms with Gasteiger partial charge in [0.2, 0.25) is 0 Å². The standard InChI is InChI=1S/C23H25N7O2/c1-31-19-9-7-17(8-10-19)13-29-11-12-32-20(14-29)15-30-23-21(27-28-30)22(24-16-25-23)26-18-5-3-2-4-6-18/h2-10,16,20H,11-15H2,1H3,(H,24,25,26)/t20-/m0/s1. The fourth-order valence-corrected chi connectivity index (χ4v) is 3.88. The maximum Gasteiger partial charge on any atom is 0.183 e. The highest BCUT2D eigenvalue weighted by molar-refractivity contribution is 5.84. The molecule has 0 saturated carbocycles. The highest BCUT2D eigenvalue weighted by Gasteiger charge is 2.23. The molecule has 0 aliphatic carbocycles. The summed E-state index contributed by atoms with van der Waals surface area (Å²) < 4.78 is 13.1. The molecule has 2 aromatic carbocycles. The second-order valence-electron chi connectivity index (χ2n) is 7.73. The second kappa shape index (κ2) is 9.29. The molecule has 0 amide bonds. The maximum absolute atomic E-state index is 6.02. The summed E-state index contributed by atoms with van der Waals surface area (Å²) in [6, 6.07) is 18.1. The van der Waals surface area contributed by atoms with Gasteiger partial charge in [0.1, 0.15) is 12.1 Å². The molecule has 1 atom stereocenters. The highest BCUT2D eigenvalue weighted by atomic mass is 16.5. The molecular weight excluding hydrogens is 406 g/mol. The molecule has 0 unspecified atom stereocenters. The van der Waals surface area contributed by atoms with Crippen LogP contribution >= 0.6 is 0 Å². The molecule has 4 aromatic rings. The molecule has 9 heteroatoms. The van der Waals surface area contributed by atoms with E-state index in [9.17, 15) is 0 Å². The van der Waals surface area contributed by atoms with Crippen LogP contribution in [0.5, 0.6) is 5.75 Å². The Hall–Kier alpha value is -3.56. The fraction of sp³-hybridized carbons (Fsp3) is 0.304. The molecule has 5 rings (SSSR count). The number of anilines is 2. The Morgan fingerprint density at radius 3 is 2.75 bits per heavy atom. The van der Waals surface area contributed by atoms with E-state index >= 15 is 0 Å². The largest absolute Gasteiger partial charge is 0.497 e. The number of aromatic nitrogens is 5. The van der Waals surface area contributed by atoms with Crippen LogP contribution in [-0.4, -0.2) is 62.8 Å². The lowest BCUT2D eigenvalue weighted by Crippen LogP contribution is -2.43. The molecule has 0 spiro atoms. The number of hydrogen-bond acceptors (Lipinski definition) is 8. The van der Waals surface area contributed by atoms with Gasteiger partial charge in [-0.2, -0.15) is 0 Å². The average Bonchev–Trinajstić information content (AvgIpc) is 3.24. The molecule has 2 aromatic heterocycles. The monoisotopic (exact) mass is 431 g/mol. The zero-order valence-corrected chi connectivity index (χ0v) is 17.9. The van der Waals surface area contributed by atoms with Gasteiger partial charge in [-0.05, 0) is 29.8 Å². The predicted octanol–water partition coefficient (Wildman–Crippen LogP) is 2.87. The Morgan fingerprint density at radius 2 is 1.94 bits per heavy atom. The first-order valence-corrected chi connectivity index (χ1v) is 10.6. The minimum atomic E-state index is 0.00685. The summed E-state index contributed by atoms with van der Waals surface area (Å²) in [5.41, 5.74) is 3.52. The molecule has 1 aliphatic rings. The van der Waals surface area contributed by atoms with Crippen molar-refractivity contribution in [3.63, 3.8) is 0 Å². The second-order valence-corrected chi connectivity index (χ2v) is 7.73. The lowest BCUT2D eigenvalue weighted by molar-refractivity contribution is -0.0399. The van der Waals surface area contributed by atoms with E-state index in [0.717, 1.165) is 31.1 Å². The van der Waals surface area contributed by atoms with Crippen LogP contribution in [-0.2, 0) is 17.8 Å². The van der Waals surface area contributed by atoms with E-state index in [-0.39, 0.29) is 6.10 Å². The predicted molar refractivity (Wildman–Crippen MR) is 121 cm³/mol. The van der Waals surface area contributed by atoms with Crippen molar-refractivity contribution in [1.82, 2.24) is 29.9 Å². The van der Waals surface area contributed by atoms with Gasteiger partial charge in [-0.3, -0.25) is 4.90 Å². The molecule has 32 heavy (non-hydrogen) atoms. The lowest BCUT2D eigenvalue weighted by Gasteiger charge is -2.32. The van der Waals surface area contributed by atoms with Crippen LogP contribution in [0.3, 0.4) is 0 Å². The van der Waals surface area contributed by atoms with E-state index in [1.807, 2.05) is 42.5 Å². The van der Waals surface area contributed by atoms with Crippen LogP contribution in [0.2, 0.25) is 0 Å². The van der Waals surface area contributed by atoms with Crippen molar-refractivity contribution in [3.8, 4) is 5.75 Å². The van der Waals surface area contributed by atoms with Crippen LogP contribution in [0.15, 0.2) is 60.9 Å². The van der Waals surface area contributed by atoms with Crippen molar-refractivity contribution in [2.45, 2.75) is 19.2 Å². The molecular formula is C23H25N7O2. The van der Waals surface area contributed by atoms with E-state index in [4.69, 9.17) is 9.47 Å². The quantitative estimate of drug-likeness (QED) is 0.478. The number of benzene rings is 2. The normalized spacial score (nSPS) is 16.8. The number of morpholine rings is 1. The summed E-state index contributed by atoms with van der Waals surface area (Å²) in [5, 5.41) is 12.0. The first-order chi connectivity index (χ1) is 15.8. The molecule has 1 aliphatic heterocycles. The van der Waals surface area contributed by atoms with Gasteiger partial charge in [-0.25, -0.2) is 14.6 Å². The number of methoxy groups -OCH3 is 1. The fourth-order valence-electron chi connectivity index (χ4n) is 3.88. The van der Waals surface area contributed by atoms with Gasteiger partial charge in [0, 0.05) is 25.3 Å². The Kier molecular flexibility index (Phi) is 5.91. The molecule has 3 heterocycles. The van der Waals surface area contributed by atoms with Gasteiger partial charge in [0.15, 0.2) is 17.0 Å². The first kappa shape index (κ1) is 20.3. The minimum absolute atomic E-state index is 0.00685. The number of hydrogen-bond donors (Lipinski definition) is 1. The van der Waals surface area contributed by atoms with E-state index < -0.39 is 0 Å². The summed E-state index contributed by atoms with van der Waals surface area (Å²) in [7, 11) is 1.68. The number of ether oxygens (including phenoxy) is 2.